The van der Waals surface area contributed by atoms with Crippen LogP contribution in [0, 0.1) is 17.6 Å². The highest BCUT2D eigenvalue weighted by Gasteiger charge is 2.34. The lowest BCUT2D eigenvalue weighted by Gasteiger charge is -2.19. The Hall–Kier alpha value is -2.24. The molecule has 0 saturated carbocycles. The molecular weight excluding hydrogens is 326 g/mol. The number of benzene rings is 1. The van der Waals surface area contributed by atoms with Gasteiger partial charge in [-0.05, 0) is 44.2 Å². The minimum atomic E-state index is -1.01. The molecule has 1 aliphatic carbocycles. The summed E-state index contributed by atoms with van der Waals surface area (Å²) in [6.45, 7) is 1.02. The van der Waals surface area contributed by atoms with Gasteiger partial charge < -0.3 is 10.2 Å². The molecule has 4 nitrogen and oxygen atoms in total. The number of nitrogens with one attached hydrogen (secondary N) is 1. The molecule has 1 atom stereocenters. The molecule has 0 radical (unpaired) electrons. The molecule has 3 rings (SSSR count). The number of amides is 2. The average Bonchev–Trinajstić information content (AvgIpc) is 2.98. The van der Waals surface area contributed by atoms with Crippen LogP contribution in [0.15, 0.2) is 29.8 Å². The van der Waals surface area contributed by atoms with Crippen LogP contribution in [-0.4, -0.2) is 29.8 Å². The van der Waals surface area contributed by atoms with Crippen molar-refractivity contribution in [1.82, 2.24) is 4.90 Å². The Balaban J connectivity index is 1.53. The fraction of sp³-hybridized carbons (Fsp3) is 0.474. The summed E-state index contributed by atoms with van der Waals surface area (Å²) in [6.07, 6.45) is 7.94. The molecule has 0 spiro atoms. The zero-order valence-corrected chi connectivity index (χ0v) is 14.1. The summed E-state index contributed by atoms with van der Waals surface area (Å²) in [7, 11) is 0. The van der Waals surface area contributed by atoms with Gasteiger partial charge in [0.1, 0.15) is 0 Å². The minimum Gasteiger partial charge on any atom is -0.342 e. The highest BCUT2D eigenvalue weighted by atomic mass is 19.2. The summed E-state index contributed by atoms with van der Waals surface area (Å²) in [5.74, 6) is -2.79. The molecule has 25 heavy (non-hydrogen) atoms. The van der Waals surface area contributed by atoms with E-state index < -0.39 is 17.6 Å². The van der Waals surface area contributed by atoms with Crippen LogP contribution < -0.4 is 5.32 Å². The first-order valence-electron chi connectivity index (χ1n) is 8.74. The quantitative estimate of drug-likeness (QED) is 0.826. The Morgan fingerprint density at radius 2 is 2.08 bits per heavy atom. The van der Waals surface area contributed by atoms with Crippen molar-refractivity contribution >= 4 is 17.5 Å². The number of anilines is 1. The van der Waals surface area contributed by atoms with Gasteiger partial charge in [-0.2, -0.15) is 0 Å². The van der Waals surface area contributed by atoms with E-state index in [1.165, 1.54) is 24.5 Å². The molecule has 6 heteroatoms. The number of hydrogen-bond acceptors (Lipinski definition) is 2. The predicted molar refractivity (Wildman–Crippen MR) is 90.8 cm³/mol. The molecule has 0 aromatic heterocycles. The summed E-state index contributed by atoms with van der Waals surface area (Å²) in [4.78, 5) is 26.1. The van der Waals surface area contributed by atoms with Gasteiger partial charge in [-0.15, -0.1) is 0 Å². The number of carbonyl (C=O) groups excluding carboxylic acids is 2. The number of likely N-dealkylation sites (tertiary alicyclic amines) is 1. The summed E-state index contributed by atoms with van der Waals surface area (Å²) in [5, 5.41) is 2.56. The Morgan fingerprint density at radius 3 is 2.80 bits per heavy atom. The van der Waals surface area contributed by atoms with Crippen LogP contribution in [0.3, 0.4) is 0 Å². The van der Waals surface area contributed by atoms with Gasteiger partial charge in [0.25, 0.3) is 0 Å². The fourth-order valence-electron chi connectivity index (χ4n) is 3.39. The van der Waals surface area contributed by atoms with Gasteiger partial charge in [0.05, 0.1) is 5.92 Å². The zero-order chi connectivity index (χ0) is 17.8. The second kappa shape index (κ2) is 7.76. The number of carbonyl (C=O) groups is 2. The van der Waals surface area contributed by atoms with E-state index in [4.69, 9.17) is 0 Å². The van der Waals surface area contributed by atoms with Gasteiger partial charge >= 0.3 is 0 Å². The fourth-order valence-corrected chi connectivity index (χ4v) is 3.39. The number of nitrogens with zero attached hydrogens (tertiary/aromatic N) is 1. The number of hydrogen-bond donors (Lipinski definition) is 1. The minimum absolute atomic E-state index is 0.0261. The molecule has 1 heterocycles. The van der Waals surface area contributed by atoms with Crippen LogP contribution in [0.4, 0.5) is 14.5 Å². The van der Waals surface area contributed by atoms with E-state index in [2.05, 4.69) is 11.4 Å². The van der Waals surface area contributed by atoms with Crippen molar-refractivity contribution in [3.05, 3.63) is 41.5 Å². The Kier molecular flexibility index (Phi) is 5.46. The van der Waals surface area contributed by atoms with Crippen LogP contribution in [0.25, 0.3) is 0 Å². The second-order valence-corrected chi connectivity index (χ2v) is 6.72. The number of halogens is 2. The standard InChI is InChI=1S/C19H22F2N2O2/c20-16-7-6-15(11-17(16)21)22-19(25)14-10-18(24)23(12-14)9-8-13-4-2-1-3-5-13/h4,6-7,11,14H,1-3,5,8-10,12H2,(H,22,25). The molecule has 1 saturated heterocycles. The zero-order valence-electron chi connectivity index (χ0n) is 14.1. The van der Waals surface area contributed by atoms with Gasteiger partial charge in [0.2, 0.25) is 11.8 Å². The molecule has 1 aliphatic heterocycles. The SMILES string of the molecule is O=C(Nc1ccc(F)c(F)c1)C1CC(=O)N(CCC2=CCCCC2)C1. The van der Waals surface area contributed by atoms with Gasteiger partial charge in [-0.1, -0.05) is 11.6 Å². The number of allylic oxidation sites excluding steroid dienone is 1. The summed E-state index contributed by atoms with van der Waals surface area (Å²) in [6, 6.07) is 3.21. The first-order valence-corrected chi connectivity index (χ1v) is 8.74. The van der Waals surface area contributed by atoms with Crippen molar-refractivity contribution in [2.24, 2.45) is 5.92 Å². The predicted octanol–water partition coefficient (Wildman–Crippen LogP) is 3.64. The number of rotatable bonds is 5. The highest BCUT2D eigenvalue weighted by Crippen LogP contribution is 2.24. The van der Waals surface area contributed by atoms with E-state index in [0.717, 1.165) is 31.4 Å². The van der Waals surface area contributed by atoms with Gasteiger partial charge in [0, 0.05) is 31.3 Å². The Bertz CT molecular complexity index is 703. The molecule has 2 aliphatic rings. The van der Waals surface area contributed by atoms with E-state index >= 15 is 0 Å². The molecule has 1 aromatic carbocycles. The third kappa shape index (κ3) is 4.44. The van der Waals surface area contributed by atoms with Crippen molar-refractivity contribution in [2.75, 3.05) is 18.4 Å². The third-order valence-corrected chi connectivity index (χ3v) is 4.86. The maximum Gasteiger partial charge on any atom is 0.229 e. The van der Waals surface area contributed by atoms with Gasteiger partial charge in [0.15, 0.2) is 11.6 Å². The topological polar surface area (TPSA) is 49.4 Å². The largest absolute Gasteiger partial charge is 0.342 e. The van der Waals surface area contributed by atoms with Crippen molar-refractivity contribution in [2.45, 2.75) is 38.5 Å². The van der Waals surface area contributed by atoms with Gasteiger partial charge in [-0.3, -0.25) is 9.59 Å². The molecule has 1 aromatic rings. The molecular formula is C19H22F2N2O2. The summed E-state index contributed by atoms with van der Waals surface area (Å²) < 4.78 is 26.1. The lowest BCUT2D eigenvalue weighted by atomic mass is 9.97. The normalized spacial score (nSPS) is 20.6. The van der Waals surface area contributed by atoms with Crippen molar-refractivity contribution in [3.63, 3.8) is 0 Å². The first kappa shape index (κ1) is 17.6. The second-order valence-electron chi connectivity index (χ2n) is 6.72. The van der Waals surface area contributed by atoms with Crippen LogP contribution >= 0.6 is 0 Å². The van der Waals surface area contributed by atoms with Crippen LogP contribution in [0.2, 0.25) is 0 Å². The van der Waals surface area contributed by atoms with Gasteiger partial charge in [-0.25, -0.2) is 8.78 Å². The maximum absolute atomic E-state index is 13.2. The van der Waals surface area contributed by atoms with E-state index in [-0.39, 0.29) is 23.9 Å². The molecule has 1 unspecified atom stereocenters. The smallest absolute Gasteiger partial charge is 0.229 e. The Labute approximate surface area is 145 Å². The molecule has 1 N–H and O–H groups in total. The monoisotopic (exact) mass is 348 g/mol. The van der Waals surface area contributed by atoms with Crippen LogP contribution in [0.1, 0.15) is 38.5 Å². The first-order chi connectivity index (χ1) is 12.0. The molecule has 134 valence electrons. The highest BCUT2D eigenvalue weighted by molar-refractivity contribution is 5.97. The molecule has 2 amide bonds. The average molecular weight is 348 g/mol. The molecule has 0 bridgehead atoms. The van der Waals surface area contributed by atoms with E-state index in [0.29, 0.717) is 13.1 Å². The third-order valence-electron chi connectivity index (χ3n) is 4.86. The van der Waals surface area contributed by atoms with Crippen molar-refractivity contribution in [3.8, 4) is 0 Å². The lowest BCUT2D eigenvalue weighted by molar-refractivity contribution is -0.128. The van der Waals surface area contributed by atoms with Crippen LogP contribution in [0.5, 0.6) is 0 Å². The van der Waals surface area contributed by atoms with E-state index in [9.17, 15) is 18.4 Å². The lowest BCUT2D eigenvalue weighted by Crippen LogP contribution is -2.29. The van der Waals surface area contributed by atoms with Crippen LogP contribution in [-0.2, 0) is 9.59 Å². The van der Waals surface area contributed by atoms with Crippen molar-refractivity contribution < 1.29 is 18.4 Å². The molecule has 1 fully saturated rings. The van der Waals surface area contributed by atoms with E-state index in [1.807, 2.05) is 0 Å². The Morgan fingerprint density at radius 1 is 1.24 bits per heavy atom. The summed E-state index contributed by atoms with van der Waals surface area (Å²) in [5.41, 5.74) is 1.59. The summed E-state index contributed by atoms with van der Waals surface area (Å²) >= 11 is 0. The van der Waals surface area contributed by atoms with Crippen molar-refractivity contribution in [1.29, 1.82) is 0 Å². The van der Waals surface area contributed by atoms with E-state index in [1.54, 1.807) is 4.90 Å². The maximum atomic E-state index is 13.2.